The van der Waals surface area contributed by atoms with Crippen molar-refractivity contribution in [3.8, 4) is 11.1 Å². The van der Waals surface area contributed by atoms with Gasteiger partial charge in [-0.2, -0.15) is 0 Å². The van der Waals surface area contributed by atoms with E-state index in [2.05, 4.69) is 17.4 Å². The van der Waals surface area contributed by atoms with Gasteiger partial charge in [-0.3, -0.25) is 14.9 Å². The second-order valence-corrected chi connectivity index (χ2v) is 8.17. The number of methoxy groups -OCH3 is 1. The van der Waals surface area contributed by atoms with E-state index in [1.807, 2.05) is 11.4 Å². The average molecular weight is 436 g/mol. The molecule has 1 aliphatic rings. The normalized spacial score (nSPS) is 12.7. The number of thiophene rings is 1. The third-order valence-corrected chi connectivity index (χ3v) is 6.30. The molecule has 3 aromatic rings. The summed E-state index contributed by atoms with van der Waals surface area (Å²) in [4.78, 5) is 35.5. The molecule has 0 spiro atoms. The number of carbonyl (C=O) groups is 2. The van der Waals surface area contributed by atoms with Crippen molar-refractivity contribution in [1.29, 1.82) is 0 Å². The number of nitro benzene ring substituents is 1. The predicted molar refractivity (Wildman–Crippen MR) is 119 cm³/mol. The average Bonchev–Trinajstić information content (AvgIpc) is 3.21. The standard InChI is InChI=1S/C23H20N2O5S/c1-30-23(27)20-19(17-7-6-14-4-2-3-5-16(14)12-17)13-31-22(20)24-21(26)15-8-10-18(11-9-15)25(28)29/h6-13H,2-5H2,1H3,(H,24,26). The zero-order valence-electron chi connectivity index (χ0n) is 16.8. The first-order valence-corrected chi connectivity index (χ1v) is 10.7. The van der Waals surface area contributed by atoms with Gasteiger partial charge in [0.1, 0.15) is 10.6 Å². The minimum atomic E-state index is -0.534. The number of benzene rings is 2. The number of ether oxygens (including phenoxy) is 1. The number of non-ortho nitro benzene ring substituents is 1. The Morgan fingerprint density at radius 3 is 2.45 bits per heavy atom. The summed E-state index contributed by atoms with van der Waals surface area (Å²) < 4.78 is 4.98. The maximum Gasteiger partial charge on any atom is 0.341 e. The number of amides is 1. The van der Waals surface area contributed by atoms with E-state index >= 15 is 0 Å². The molecular weight excluding hydrogens is 416 g/mol. The van der Waals surface area contributed by atoms with Gasteiger partial charge in [-0.05, 0) is 54.5 Å². The molecule has 0 saturated heterocycles. The highest BCUT2D eigenvalue weighted by atomic mass is 32.1. The Bertz CT molecular complexity index is 1170. The maximum atomic E-state index is 12.7. The number of nitrogens with one attached hydrogen (secondary N) is 1. The lowest BCUT2D eigenvalue weighted by Crippen LogP contribution is -2.14. The lowest BCUT2D eigenvalue weighted by Gasteiger charge is -2.16. The fraction of sp³-hybridized carbons (Fsp3) is 0.217. The summed E-state index contributed by atoms with van der Waals surface area (Å²) in [7, 11) is 1.30. The molecule has 0 atom stereocenters. The van der Waals surface area contributed by atoms with E-state index in [4.69, 9.17) is 4.74 Å². The van der Waals surface area contributed by atoms with Crippen LogP contribution >= 0.6 is 11.3 Å². The van der Waals surface area contributed by atoms with E-state index in [9.17, 15) is 19.7 Å². The van der Waals surface area contributed by atoms with Crippen LogP contribution in [0.1, 0.15) is 44.7 Å². The van der Waals surface area contributed by atoms with Crippen LogP contribution < -0.4 is 5.32 Å². The summed E-state index contributed by atoms with van der Waals surface area (Å²) in [5, 5.41) is 15.8. The van der Waals surface area contributed by atoms with Gasteiger partial charge in [0, 0.05) is 28.6 Å². The number of nitrogens with zero attached hydrogens (tertiary/aromatic N) is 1. The number of anilines is 1. The van der Waals surface area contributed by atoms with E-state index in [-0.39, 0.29) is 11.3 Å². The molecule has 7 nitrogen and oxygen atoms in total. The summed E-state index contributed by atoms with van der Waals surface area (Å²) in [6, 6.07) is 11.5. The summed E-state index contributed by atoms with van der Waals surface area (Å²) >= 11 is 1.24. The number of carbonyl (C=O) groups excluding carboxylic acids is 2. The molecule has 31 heavy (non-hydrogen) atoms. The van der Waals surface area contributed by atoms with E-state index in [1.54, 1.807) is 0 Å². The predicted octanol–water partition coefficient (Wildman–Crippen LogP) is 5.24. The Hall–Kier alpha value is -3.52. The van der Waals surface area contributed by atoms with E-state index in [0.717, 1.165) is 24.8 Å². The number of fused-ring (bicyclic) bond motifs is 1. The van der Waals surface area contributed by atoms with E-state index in [0.29, 0.717) is 16.1 Å². The van der Waals surface area contributed by atoms with Crippen molar-refractivity contribution in [3.05, 3.63) is 80.2 Å². The first-order chi connectivity index (χ1) is 15.0. The van der Waals surface area contributed by atoms with Gasteiger partial charge < -0.3 is 10.1 Å². The van der Waals surface area contributed by atoms with Crippen LogP contribution in [0.2, 0.25) is 0 Å². The maximum absolute atomic E-state index is 12.7. The van der Waals surface area contributed by atoms with Gasteiger partial charge in [-0.1, -0.05) is 18.2 Å². The molecule has 158 valence electrons. The Balaban J connectivity index is 1.66. The Morgan fingerprint density at radius 1 is 1.06 bits per heavy atom. The SMILES string of the molecule is COC(=O)c1c(-c2ccc3c(c2)CCCC3)csc1NC(=O)c1ccc([N+](=O)[O-])cc1. The van der Waals surface area contributed by atoms with Gasteiger partial charge in [0.2, 0.25) is 0 Å². The highest BCUT2D eigenvalue weighted by Gasteiger charge is 2.23. The minimum Gasteiger partial charge on any atom is -0.465 e. The van der Waals surface area contributed by atoms with Gasteiger partial charge in [0.15, 0.2) is 0 Å². The molecule has 0 unspecified atom stereocenters. The van der Waals surface area contributed by atoms with Crippen LogP contribution in [-0.4, -0.2) is 23.9 Å². The second kappa shape index (κ2) is 8.69. The van der Waals surface area contributed by atoms with Crippen molar-refractivity contribution in [2.75, 3.05) is 12.4 Å². The fourth-order valence-electron chi connectivity index (χ4n) is 3.78. The highest BCUT2D eigenvalue weighted by molar-refractivity contribution is 7.15. The van der Waals surface area contributed by atoms with Crippen molar-refractivity contribution in [3.63, 3.8) is 0 Å². The summed E-state index contributed by atoms with van der Waals surface area (Å²) in [6.45, 7) is 0. The summed E-state index contributed by atoms with van der Waals surface area (Å²) in [6.07, 6.45) is 4.43. The Morgan fingerprint density at radius 2 is 1.77 bits per heavy atom. The Labute approximate surface area is 182 Å². The lowest BCUT2D eigenvalue weighted by atomic mass is 9.89. The van der Waals surface area contributed by atoms with Gasteiger partial charge in [-0.15, -0.1) is 11.3 Å². The van der Waals surface area contributed by atoms with Gasteiger partial charge in [0.25, 0.3) is 11.6 Å². The zero-order chi connectivity index (χ0) is 22.0. The monoisotopic (exact) mass is 436 g/mol. The van der Waals surface area contributed by atoms with Crippen LogP contribution in [-0.2, 0) is 17.6 Å². The molecule has 0 saturated carbocycles. The highest BCUT2D eigenvalue weighted by Crippen LogP contribution is 2.38. The third-order valence-electron chi connectivity index (χ3n) is 5.41. The van der Waals surface area contributed by atoms with E-state index in [1.165, 1.54) is 60.3 Å². The molecule has 2 aromatic carbocycles. The van der Waals surface area contributed by atoms with Gasteiger partial charge in [-0.25, -0.2) is 4.79 Å². The fourth-order valence-corrected chi connectivity index (χ4v) is 4.73. The quantitative estimate of drug-likeness (QED) is 0.335. The molecule has 0 fully saturated rings. The van der Waals surface area contributed by atoms with Crippen molar-refractivity contribution in [2.45, 2.75) is 25.7 Å². The summed E-state index contributed by atoms with van der Waals surface area (Å²) in [5.41, 5.74) is 4.72. The van der Waals surface area contributed by atoms with Crippen LogP contribution in [0.25, 0.3) is 11.1 Å². The second-order valence-electron chi connectivity index (χ2n) is 7.29. The molecule has 1 aliphatic carbocycles. The van der Waals surface area contributed by atoms with Crippen LogP contribution in [0.15, 0.2) is 47.8 Å². The smallest absolute Gasteiger partial charge is 0.341 e. The Kier molecular flexibility index (Phi) is 5.81. The van der Waals surface area contributed by atoms with Crippen LogP contribution in [0.4, 0.5) is 10.7 Å². The minimum absolute atomic E-state index is 0.0994. The number of rotatable bonds is 5. The molecule has 8 heteroatoms. The molecule has 0 radical (unpaired) electrons. The molecule has 1 N–H and O–H groups in total. The molecule has 1 amide bonds. The number of esters is 1. The molecule has 4 rings (SSSR count). The first-order valence-electron chi connectivity index (χ1n) is 9.85. The third kappa shape index (κ3) is 4.20. The van der Waals surface area contributed by atoms with Crippen molar-refractivity contribution in [1.82, 2.24) is 0 Å². The van der Waals surface area contributed by atoms with Crippen molar-refractivity contribution >= 4 is 33.9 Å². The molecule has 1 aromatic heterocycles. The van der Waals surface area contributed by atoms with Crippen LogP contribution in [0, 0.1) is 10.1 Å². The van der Waals surface area contributed by atoms with Crippen molar-refractivity contribution < 1.29 is 19.2 Å². The molecule has 0 bridgehead atoms. The molecular formula is C23H20N2O5S. The number of aryl methyl sites for hydroxylation is 2. The number of hydrogen-bond donors (Lipinski definition) is 1. The zero-order valence-corrected chi connectivity index (χ0v) is 17.7. The van der Waals surface area contributed by atoms with Crippen LogP contribution in [0.3, 0.4) is 0 Å². The van der Waals surface area contributed by atoms with Crippen LogP contribution in [0.5, 0.6) is 0 Å². The van der Waals surface area contributed by atoms with Gasteiger partial charge >= 0.3 is 5.97 Å². The van der Waals surface area contributed by atoms with E-state index < -0.39 is 16.8 Å². The lowest BCUT2D eigenvalue weighted by molar-refractivity contribution is -0.384. The van der Waals surface area contributed by atoms with Gasteiger partial charge in [0.05, 0.1) is 12.0 Å². The molecule has 1 heterocycles. The largest absolute Gasteiger partial charge is 0.465 e. The summed E-state index contributed by atoms with van der Waals surface area (Å²) in [5.74, 6) is -0.994. The molecule has 0 aliphatic heterocycles. The number of hydrogen-bond acceptors (Lipinski definition) is 6. The topological polar surface area (TPSA) is 98.5 Å². The first kappa shape index (κ1) is 20.7. The van der Waals surface area contributed by atoms with Crippen molar-refractivity contribution in [2.24, 2.45) is 0 Å². The number of nitro groups is 1.